The third kappa shape index (κ3) is 8.19. The molecule has 204 valence electrons. The molecule has 1 aliphatic rings. The van der Waals surface area contributed by atoms with E-state index in [0.717, 1.165) is 5.56 Å². The highest BCUT2D eigenvalue weighted by atomic mass is 35.5. The van der Waals surface area contributed by atoms with Crippen LogP contribution >= 0.6 is 23.8 Å². The largest absolute Gasteiger partial charge is 0.435 e. The summed E-state index contributed by atoms with van der Waals surface area (Å²) in [4.78, 5) is 12.7. The Morgan fingerprint density at radius 1 is 0.974 bits per heavy atom. The van der Waals surface area contributed by atoms with E-state index < -0.39 is 5.82 Å². The predicted molar refractivity (Wildman–Crippen MR) is 156 cm³/mol. The lowest BCUT2D eigenvalue weighted by molar-refractivity contribution is 0.416. The average molecular weight is 569 g/mol. The van der Waals surface area contributed by atoms with Crippen molar-refractivity contribution in [3.8, 4) is 28.6 Å². The summed E-state index contributed by atoms with van der Waals surface area (Å²) in [5.74, 6) is 0.267. The quantitative estimate of drug-likeness (QED) is 0.183. The number of pyridine rings is 1. The molecule has 5 rings (SSSR count). The molecule has 0 radical (unpaired) electrons. The van der Waals surface area contributed by atoms with E-state index in [0.29, 0.717) is 28.6 Å². The maximum absolute atomic E-state index is 15.2. The number of nitrogens with zero attached hydrogens (tertiary/aromatic N) is 3. The maximum atomic E-state index is 15.2. The predicted octanol–water partition coefficient (Wildman–Crippen LogP) is 7.06. The van der Waals surface area contributed by atoms with Crippen molar-refractivity contribution in [2.24, 2.45) is 0 Å². The third-order valence-electron chi connectivity index (χ3n) is 5.74. The number of benzene rings is 2. The summed E-state index contributed by atoms with van der Waals surface area (Å²) in [5.41, 5.74) is 2.65. The van der Waals surface area contributed by atoms with Crippen LogP contribution in [0.2, 0.25) is 0 Å². The van der Waals surface area contributed by atoms with Gasteiger partial charge in [-0.2, -0.15) is 4.39 Å². The number of hydrogen-bond acceptors (Lipinski definition) is 9. The van der Waals surface area contributed by atoms with Crippen LogP contribution in [0.1, 0.15) is 24.8 Å². The van der Waals surface area contributed by atoms with Gasteiger partial charge in [-0.25, -0.2) is 15.0 Å². The van der Waals surface area contributed by atoms with Gasteiger partial charge in [0.15, 0.2) is 5.75 Å². The molecule has 0 saturated carbocycles. The van der Waals surface area contributed by atoms with Gasteiger partial charge in [0.1, 0.15) is 11.9 Å². The summed E-state index contributed by atoms with van der Waals surface area (Å²) in [6.07, 6.45) is 7.37. The monoisotopic (exact) mass is 568 g/mol. The number of halogens is 2. The van der Waals surface area contributed by atoms with Crippen LogP contribution in [0, 0.1) is 5.82 Å². The average Bonchev–Trinajstić information content (AvgIpc) is 3.00. The van der Waals surface area contributed by atoms with Gasteiger partial charge in [0, 0.05) is 25.2 Å². The van der Waals surface area contributed by atoms with Crippen molar-refractivity contribution in [3.63, 3.8) is 0 Å². The first-order valence-electron chi connectivity index (χ1n) is 12.6. The molecule has 4 aromatic rings. The second-order valence-electron chi connectivity index (χ2n) is 8.49. The zero-order chi connectivity index (χ0) is 27.3. The Labute approximate surface area is 237 Å². The van der Waals surface area contributed by atoms with Crippen LogP contribution in [0.5, 0.6) is 17.4 Å². The Hall–Kier alpha value is -3.60. The minimum Gasteiger partial charge on any atom is -0.435 e. The van der Waals surface area contributed by atoms with Crippen LogP contribution in [-0.4, -0.2) is 35.1 Å². The summed E-state index contributed by atoms with van der Waals surface area (Å²) in [5, 5.41) is 6.16. The minimum absolute atomic E-state index is 0.0906. The fraction of sp³-hybridized carbons (Fsp3) is 0.250. The van der Waals surface area contributed by atoms with Crippen molar-refractivity contribution in [2.45, 2.75) is 25.0 Å². The van der Waals surface area contributed by atoms with Crippen molar-refractivity contribution in [1.29, 1.82) is 0 Å². The second-order valence-corrected chi connectivity index (χ2v) is 9.43. The molecule has 1 fully saturated rings. The molecule has 1 saturated heterocycles. The van der Waals surface area contributed by atoms with Gasteiger partial charge in [0.2, 0.25) is 23.4 Å². The standard InChI is InChI=1S/C23H19ClFN5O2S.C5H11N/c1-26-23-28-13-11-17(29-23)16-8-5-12-27-22(16)31-19-10-9-18(21(32-24)20(19)25)30-33-14-15-6-3-2-4-7-15;1-2-4-6-5-3-1/h2-13,30H,14H2,1H3,(H,26,28,29);6H,1-5H2. The number of piperidine rings is 1. The maximum Gasteiger partial charge on any atom is 0.228 e. The Morgan fingerprint density at radius 3 is 2.49 bits per heavy atom. The molecule has 8 nitrogen and oxygen atoms in total. The third-order valence-corrected chi connectivity index (χ3v) is 6.74. The molecular formula is C28H30ClFN6O2S. The summed E-state index contributed by atoms with van der Waals surface area (Å²) >= 11 is 6.97. The molecule has 11 heteroatoms. The molecule has 0 aliphatic carbocycles. The highest BCUT2D eigenvalue weighted by molar-refractivity contribution is 7.99. The number of anilines is 2. The lowest BCUT2D eigenvalue weighted by Gasteiger charge is -2.14. The molecule has 0 bridgehead atoms. The van der Waals surface area contributed by atoms with Crippen molar-refractivity contribution in [2.75, 3.05) is 30.2 Å². The molecule has 3 N–H and O–H groups in total. The first-order chi connectivity index (χ1) is 19.2. The lowest BCUT2D eigenvalue weighted by Crippen LogP contribution is -2.21. The molecular weight excluding hydrogens is 539 g/mol. The molecule has 1 aliphatic heterocycles. The fourth-order valence-corrected chi connectivity index (χ4v) is 4.64. The molecule has 39 heavy (non-hydrogen) atoms. The first kappa shape index (κ1) is 28.4. The van der Waals surface area contributed by atoms with E-state index in [2.05, 4.69) is 30.3 Å². The van der Waals surface area contributed by atoms with Gasteiger partial charge in [-0.15, -0.1) is 0 Å². The van der Waals surface area contributed by atoms with Gasteiger partial charge in [-0.1, -0.05) is 36.8 Å². The molecule has 0 unspecified atom stereocenters. The Kier molecular flexibility index (Phi) is 11.0. The van der Waals surface area contributed by atoms with Gasteiger partial charge in [-0.3, -0.25) is 0 Å². The van der Waals surface area contributed by atoms with E-state index >= 15 is 4.39 Å². The highest BCUT2D eigenvalue weighted by Gasteiger charge is 2.19. The summed E-state index contributed by atoms with van der Waals surface area (Å²) in [7, 11) is 1.72. The normalized spacial score (nSPS) is 12.6. The van der Waals surface area contributed by atoms with Crippen LogP contribution in [0.15, 0.2) is 73.1 Å². The van der Waals surface area contributed by atoms with Gasteiger partial charge in [0.25, 0.3) is 0 Å². The Balaban J connectivity index is 0.000000519. The molecule has 0 amide bonds. The van der Waals surface area contributed by atoms with Crippen molar-refractivity contribution in [1.82, 2.24) is 20.3 Å². The van der Waals surface area contributed by atoms with Crippen LogP contribution in [-0.2, 0) is 5.75 Å². The summed E-state index contributed by atoms with van der Waals surface area (Å²) in [6, 6.07) is 18.2. The van der Waals surface area contributed by atoms with Crippen molar-refractivity contribution >= 4 is 35.4 Å². The minimum atomic E-state index is -0.759. The van der Waals surface area contributed by atoms with Crippen molar-refractivity contribution < 1.29 is 13.4 Å². The number of hydrogen-bond donors (Lipinski definition) is 3. The van der Waals surface area contributed by atoms with Gasteiger partial charge >= 0.3 is 0 Å². The SMILES string of the molecule is C1CCNCC1.CNc1nccc(-c2cccnc2Oc2ccc(NSCc3ccccc3)c(OCl)c2F)n1. The van der Waals surface area contributed by atoms with E-state index in [4.69, 9.17) is 20.9 Å². The van der Waals surface area contributed by atoms with E-state index in [9.17, 15) is 0 Å². The van der Waals surface area contributed by atoms with E-state index in [-0.39, 0.29) is 17.4 Å². The summed E-state index contributed by atoms with van der Waals surface area (Å²) < 4.78 is 28.8. The van der Waals surface area contributed by atoms with E-state index in [1.807, 2.05) is 30.3 Å². The summed E-state index contributed by atoms with van der Waals surface area (Å²) in [6.45, 7) is 2.50. The number of ether oxygens (including phenoxy) is 1. The van der Waals surface area contributed by atoms with Crippen LogP contribution in [0.3, 0.4) is 0 Å². The van der Waals surface area contributed by atoms with Crippen LogP contribution in [0.4, 0.5) is 16.0 Å². The molecule has 0 atom stereocenters. The van der Waals surface area contributed by atoms with Gasteiger partial charge in [0.05, 0.1) is 16.9 Å². The number of rotatable bonds is 9. The molecule has 3 heterocycles. The smallest absolute Gasteiger partial charge is 0.228 e. The lowest BCUT2D eigenvalue weighted by atomic mass is 10.2. The second kappa shape index (κ2) is 15.1. The van der Waals surface area contributed by atoms with E-state index in [1.54, 1.807) is 43.7 Å². The highest BCUT2D eigenvalue weighted by Crippen LogP contribution is 2.39. The van der Waals surface area contributed by atoms with Gasteiger partial charge < -0.3 is 24.4 Å². The van der Waals surface area contributed by atoms with Crippen molar-refractivity contribution in [3.05, 3.63) is 84.4 Å². The Morgan fingerprint density at radius 2 is 1.79 bits per heavy atom. The first-order valence-corrected chi connectivity index (χ1v) is 13.9. The number of nitrogens with one attached hydrogen (secondary N) is 3. The zero-order valence-electron chi connectivity index (χ0n) is 21.5. The fourth-order valence-electron chi connectivity index (χ4n) is 3.75. The van der Waals surface area contributed by atoms with Gasteiger partial charge in [-0.05, 0) is 73.8 Å². The number of aromatic nitrogens is 3. The zero-order valence-corrected chi connectivity index (χ0v) is 23.1. The molecule has 2 aromatic carbocycles. The van der Waals surface area contributed by atoms with Crippen LogP contribution < -0.4 is 24.4 Å². The topological polar surface area (TPSA) is 93.2 Å². The van der Waals surface area contributed by atoms with E-state index in [1.165, 1.54) is 50.4 Å². The Bertz CT molecular complexity index is 1320. The molecule has 0 spiro atoms. The molecule has 2 aromatic heterocycles. The van der Waals surface area contributed by atoms with Crippen LogP contribution in [0.25, 0.3) is 11.3 Å².